The van der Waals surface area contributed by atoms with Crippen molar-refractivity contribution in [2.75, 3.05) is 6.54 Å². The van der Waals surface area contributed by atoms with Gasteiger partial charge in [-0.1, -0.05) is 12.1 Å². The molecule has 0 amide bonds. The number of hydrogen-bond acceptors (Lipinski definition) is 3. The Labute approximate surface area is 102 Å². The fourth-order valence-electron chi connectivity index (χ4n) is 1.57. The topological polar surface area (TPSA) is 66.4 Å². The van der Waals surface area contributed by atoms with Gasteiger partial charge in [0.05, 0.1) is 11.0 Å². The maximum atomic E-state index is 11.9. The minimum atomic E-state index is -3.43. The lowest BCUT2D eigenvalue weighted by Crippen LogP contribution is -2.25. The Morgan fingerprint density at radius 2 is 2.18 bits per heavy atom. The highest BCUT2D eigenvalue weighted by Crippen LogP contribution is 2.28. The summed E-state index contributed by atoms with van der Waals surface area (Å²) in [7, 11) is -3.43. The van der Waals surface area contributed by atoms with E-state index in [2.05, 4.69) is 4.72 Å². The van der Waals surface area contributed by atoms with Crippen LogP contribution in [-0.2, 0) is 10.0 Å². The van der Waals surface area contributed by atoms with E-state index in [0.29, 0.717) is 18.0 Å². The van der Waals surface area contributed by atoms with E-state index in [9.17, 15) is 13.5 Å². The summed E-state index contributed by atoms with van der Waals surface area (Å²) in [5, 5.41) is 9.43. The fraction of sp³-hybridized carbons (Fsp3) is 0.500. The van der Waals surface area contributed by atoms with Crippen LogP contribution in [-0.4, -0.2) is 20.1 Å². The summed E-state index contributed by atoms with van der Waals surface area (Å²) in [6, 6.07) is 6.42. The minimum absolute atomic E-state index is 0.219. The van der Waals surface area contributed by atoms with Crippen molar-refractivity contribution in [2.45, 2.75) is 30.8 Å². The van der Waals surface area contributed by atoms with Gasteiger partial charge >= 0.3 is 0 Å². The van der Waals surface area contributed by atoms with Gasteiger partial charge in [0, 0.05) is 6.54 Å². The molecule has 17 heavy (non-hydrogen) atoms. The lowest BCUT2D eigenvalue weighted by atomic mass is 10.1. The molecule has 1 unspecified atom stereocenters. The van der Waals surface area contributed by atoms with Gasteiger partial charge in [-0.15, -0.1) is 0 Å². The van der Waals surface area contributed by atoms with E-state index in [1.807, 2.05) is 0 Å². The average Bonchev–Trinajstić information content (AvgIpc) is 3.10. The van der Waals surface area contributed by atoms with Gasteiger partial charge in [0.1, 0.15) is 0 Å². The van der Waals surface area contributed by atoms with E-state index >= 15 is 0 Å². The predicted molar refractivity (Wildman–Crippen MR) is 65.0 cm³/mol. The molecule has 94 valence electrons. The van der Waals surface area contributed by atoms with Gasteiger partial charge in [-0.25, -0.2) is 13.1 Å². The first kappa shape index (κ1) is 12.5. The van der Waals surface area contributed by atoms with Crippen LogP contribution in [0.2, 0.25) is 0 Å². The number of nitrogens with one attached hydrogen (secondary N) is 1. The molecule has 1 aromatic carbocycles. The maximum absolute atomic E-state index is 11.9. The van der Waals surface area contributed by atoms with Crippen LogP contribution in [0.4, 0.5) is 0 Å². The van der Waals surface area contributed by atoms with Crippen LogP contribution in [0.25, 0.3) is 0 Å². The molecule has 0 spiro atoms. The molecule has 2 rings (SSSR count). The van der Waals surface area contributed by atoms with Crippen molar-refractivity contribution in [3.05, 3.63) is 29.8 Å². The SMILES string of the molecule is CC(O)c1cccc(S(=O)(=O)NCC2CC2)c1. The number of hydrogen-bond donors (Lipinski definition) is 2. The standard InChI is InChI=1S/C12H17NO3S/c1-9(14)11-3-2-4-12(7-11)17(15,16)13-8-10-5-6-10/h2-4,7,9-10,13-14H,5-6,8H2,1H3. The molecule has 1 aliphatic rings. The first-order chi connectivity index (χ1) is 7.99. The summed E-state index contributed by atoms with van der Waals surface area (Å²) in [5.74, 6) is 0.504. The monoisotopic (exact) mass is 255 g/mol. The Hall–Kier alpha value is -0.910. The van der Waals surface area contributed by atoms with Crippen molar-refractivity contribution in [1.82, 2.24) is 4.72 Å². The van der Waals surface area contributed by atoms with Crippen molar-refractivity contribution in [3.8, 4) is 0 Å². The molecule has 5 heteroatoms. The molecule has 1 aliphatic carbocycles. The van der Waals surface area contributed by atoms with Crippen molar-refractivity contribution in [3.63, 3.8) is 0 Å². The van der Waals surface area contributed by atoms with Gasteiger partial charge in [0.2, 0.25) is 10.0 Å². The zero-order valence-electron chi connectivity index (χ0n) is 9.76. The summed E-state index contributed by atoms with van der Waals surface area (Å²) < 4.78 is 26.5. The molecule has 0 heterocycles. The maximum Gasteiger partial charge on any atom is 0.240 e. The van der Waals surface area contributed by atoms with E-state index in [-0.39, 0.29) is 4.90 Å². The van der Waals surface area contributed by atoms with Crippen LogP contribution in [0.3, 0.4) is 0 Å². The van der Waals surface area contributed by atoms with E-state index in [1.54, 1.807) is 25.1 Å². The molecule has 1 atom stereocenters. The summed E-state index contributed by atoms with van der Waals surface area (Å²) in [6.07, 6.45) is 1.56. The van der Waals surface area contributed by atoms with Crippen molar-refractivity contribution in [1.29, 1.82) is 0 Å². The molecule has 0 saturated heterocycles. The third kappa shape index (κ3) is 3.28. The Balaban J connectivity index is 2.16. The van der Waals surface area contributed by atoms with Crippen LogP contribution >= 0.6 is 0 Å². The number of aliphatic hydroxyl groups is 1. The highest BCUT2D eigenvalue weighted by atomic mass is 32.2. The van der Waals surface area contributed by atoms with Crippen molar-refractivity contribution in [2.24, 2.45) is 5.92 Å². The molecular weight excluding hydrogens is 238 g/mol. The Morgan fingerprint density at radius 1 is 1.47 bits per heavy atom. The van der Waals surface area contributed by atoms with Gasteiger partial charge in [-0.2, -0.15) is 0 Å². The van der Waals surface area contributed by atoms with E-state index in [0.717, 1.165) is 12.8 Å². The number of benzene rings is 1. The van der Waals surface area contributed by atoms with Crippen molar-refractivity contribution >= 4 is 10.0 Å². The molecule has 0 aromatic heterocycles. The second-order valence-electron chi connectivity index (χ2n) is 4.54. The largest absolute Gasteiger partial charge is 0.389 e. The molecule has 0 aliphatic heterocycles. The number of sulfonamides is 1. The van der Waals surface area contributed by atoms with Crippen LogP contribution in [0.1, 0.15) is 31.4 Å². The predicted octanol–water partition coefficient (Wildman–Crippen LogP) is 1.43. The molecule has 2 N–H and O–H groups in total. The van der Waals surface area contributed by atoms with Gasteiger partial charge in [0.15, 0.2) is 0 Å². The summed E-state index contributed by atoms with van der Waals surface area (Å²) in [6.45, 7) is 2.13. The molecule has 1 aromatic rings. The quantitative estimate of drug-likeness (QED) is 0.836. The molecule has 1 saturated carbocycles. The second kappa shape index (κ2) is 4.76. The van der Waals surface area contributed by atoms with Crippen molar-refractivity contribution < 1.29 is 13.5 Å². The van der Waals surface area contributed by atoms with E-state index < -0.39 is 16.1 Å². The van der Waals surface area contributed by atoms with Gasteiger partial charge in [0.25, 0.3) is 0 Å². The number of aliphatic hydroxyl groups excluding tert-OH is 1. The Kier molecular flexibility index (Phi) is 3.51. The average molecular weight is 255 g/mol. The molecule has 4 nitrogen and oxygen atoms in total. The Bertz CT molecular complexity index is 492. The summed E-state index contributed by atoms with van der Waals surface area (Å²) in [4.78, 5) is 0.219. The minimum Gasteiger partial charge on any atom is -0.389 e. The van der Waals surface area contributed by atoms with Crippen LogP contribution < -0.4 is 4.72 Å². The number of rotatable bonds is 5. The highest BCUT2D eigenvalue weighted by molar-refractivity contribution is 7.89. The smallest absolute Gasteiger partial charge is 0.240 e. The van der Waals surface area contributed by atoms with E-state index in [4.69, 9.17) is 0 Å². The summed E-state index contributed by atoms with van der Waals surface area (Å²) >= 11 is 0. The first-order valence-corrected chi connectivity index (χ1v) is 7.25. The van der Waals surface area contributed by atoms with Crippen LogP contribution in [0, 0.1) is 5.92 Å². The van der Waals surface area contributed by atoms with Gasteiger partial charge in [-0.05, 0) is 43.4 Å². The lowest BCUT2D eigenvalue weighted by Gasteiger charge is -2.09. The Morgan fingerprint density at radius 3 is 2.76 bits per heavy atom. The van der Waals surface area contributed by atoms with E-state index in [1.165, 1.54) is 6.07 Å². The lowest BCUT2D eigenvalue weighted by molar-refractivity contribution is 0.199. The zero-order chi connectivity index (χ0) is 12.5. The first-order valence-electron chi connectivity index (χ1n) is 5.77. The van der Waals surface area contributed by atoms with Crippen LogP contribution in [0.15, 0.2) is 29.2 Å². The van der Waals surface area contributed by atoms with Crippen LogP contribution in [0.5, 0.6) is 0 Å². The molecular formula is C12H17NO3S. The van der Waals surface area contributed by atoms with Gasteiger partial charge < -0.3 is 5.11 Å². The summed E-state index contributed by atoms with van der Waals surface area (Å²) in [5.41, 5.74) is 0.610. The molecule has 1 fully saturated rings. The molecule has 0 bridgehead atoms. The zero-order valence-corrected chi connectivity index (χ0v) is 10.6. The normalized spacial score (nSPS) is 18.0. The second-order valence-corrected chi connectivity index (χ2v) is 6.31. The third-order valence-corrected chi connectivity index (χ3v) is 4.33. The van der Waals surface area contributed by atoms with Gasteiger partial charge in [-0.3, -0.25) is 0 Å². The highest BCUT2D eigenvalue weighted by Gasteiger charge is 2.24. The molecule has 0 radical (unpaired) electrons. The fourth-order valence-corrected chi connectivity index (χ4v) is 2.75. The third-order valence-electron chi connectivity index (χ3n) is 2.91.